The van der Waals surface area contributed by atoms with Crippen LogP contribution in [0, 0.1) is 6.92 Å². The number of nitrogens with one attached hydrogen (secondary N) is 1. The van der Waals surface area contributed by atoms with Gasteiger partial charge in [-0.25, -0.2) is 0 Å². The molecule has 0 fully saturated rings. The molecule has 0 unspecified atom stereocenters. The van der Waals surface area contributed by atoms with Crippen LogP contribution < -0.4 is 5.32 Å². The predicted molar refractivity (Wildman–Crippen MR) is 82.6 cm³/mol. The lowest BCUT2D eigenvalue weighted by atomic mass is 10.3. The maximum absolute atomic E-state index is 5.38. The molecule has 0 bridgehead atoms. The van der Waals surface area contributed by atoms with E-state index in [1.54, 1.807) is 0 Å². The highest BCUT2D eigenvalue weighted by molar-refractivity contribution is 5.10. The Hall–Kier alpha value is -1.72. The van der Waals surface area contributed by atoms with Gasteiger partial charge in [-0.3, -0.25) is 9.88 Å². The summed E-state index contributed by atoms with van der Waals surface area (Å²) in [5.74, 6) is 0.880. The fraction of sp³-hybridized carbons (Fsp3) is 0.500. The Kier molecular flexibility index (Phi) is 5.47. The number of aromatic nitrogens is 2. The summed E-state index contributed by atoms with van der Waals surface area (Å²) in [5.41, 5.74) is 3.06. The van der Waals surface area contributed by atoms with Crippen LogP contribution in [0.25, 0.3) is 0 Å². The van der Waals surface area contributed by atoms with E-state index in [2.05, 4.69) is 41.3 Å². The lowest BCUT2D eigenvalue weighted by Gasteiger charge is -2.14. The van der Waals surface area contributed by atoms with E-state index >= 15 is 0 Å². The number of hydrogen-bond acceptors (Lipinski definition) is 5. The number of rotatable bonds is 7. The molecule has 0 aliphatic rings. The molecule has 0 saturated carbocycles. The Bertz CT molecular complexity index is 565. The molecule has 5 heteroatoms. The highest BCUT2D eigenvalue weighted by atomic mass is 16.5. The zero-order chi connectivity index (χ0) is 15.2. The van der Waals surface area contributed by atoms with Crippen molar-refractivity contribution in [3.05, 3.63) is 47.1 Å². The molecule has 1 N–H and O–H groups in total. The normalized spacial score (nSPS) is 11.5. The summed E-state index contributed by atoms with van der Waals surface area (Å²) in [6.45, 7) is 8.50. The number of aryl methyl sites for hydroxylation is 1. The van der Waals surface area contributed by atoms with Crippen molar-refractivity contribution >= 4 is 0 Å². The molecule has 0 saturated heterocycles. The van der Waals surface area contributed by atoms with Gasteiger partial charge < -0.3 is 9.84 Å². The van der Waals surface area contributed by atoms with Gasteiger partial charge in [0, 0.05) is 30.9 Å². The van der Waals surface area contributed by atoms with Gasteiger partial charge in [0.05, 0.1) is 17.9 Å². The molecule has 2 heterocycles. The highest BCUT2D eigenvalue weighted by Gasteiger charge is 2.09. The second-order valence-corrected chi connectivity index (χ2v) is 5.76. The summed E-state index contributed by atoms with van der Waals surface area (Å²) in [6.07, 6.45) is 0. The fourth-order valence-electron chi connectivity index (χ4n) is 2.11. The summed E-state index contributed by atoms with van der Waals surface area (Å²) in [7, 11) is 2.05. The van der Waals surface area contributed by atoms with Crippen LogP contribution in [0.3, 0.4) is 0 Å². The molecule has 0 atom stereocenters. The van der Waals surface area contributed by atoms with Crippen molar-refractivity contribution in [1.82, 2.24) is 20.4 Å². The molecular formula is C16H24N4O. The Morgan fingerprint density at radius 2 is 2.05 bits per heavy atom. The number of pyridine rings is 1. The van der Waals surface area contributed by atoms with E-state index in [9.17, 15) is 0 Å². The van der Waals surface area contributed by atoms with E-state index in [0.29, 0.717) is 6.04 Å². The van der Waals surface area contributed by atoms with Crippen molar-refractivity contribution in [2.24, 2.45) is 0 Å². The van der Waals surface area contributed by atoms with Crippen LogP contribution in [0.2, 0.25) is 0 Å². The minimum atomic E-state index is 0.445. The van der Waals surface area contributed by atoms with Gasteiger partial charge in [-0.05, 0) is 26.1 Å². The van der Waals surface area contributed by atoms with Crippen LogP contribution in [0.5, 0.6) is 0 Å². The molecule has 2 aromatic rings. The van der Waals surface area contributed by atoms with E-state index in [1.165, 1.54) is 0 Å². The van der Waals surface area contributed by atoms with Crippen molar-refractivity contribution in [2.75, 3.05) is 7.05 Å². The standard InChI is InChI=1S/C16H24N4O/c1-12(2)17-9-15-8-16(21-19-15)11-20(4)10-14-7-5-6-13(3)18-14/h5-8,12,17H,9-11H2,1-4H3. The topological polar surface area (TPSA) is 54.2 Å². The average Bonchev–Trinajstić information content (AvgIpc) is 2.83. The highest BCUT2D eigenvalue weighted by Crippen LogP contribution is 2.09. The van der Waals surface area contributed by atoms with Crippen molar-refractivity contribution in [2.45, 2.75) is 46.4 Å². The number of nitrogens with zero attached hydrogens (tertiary/aromatic N) is 3. The van der Waals surface area contributed by atoms with E-state index in [4.69, 9.17) is 4.52 Å². The van der Waals surface area contributed by atoms with E-state index in [0.717, 1.165) is 42.5 Å². The summed E-state index contributed by atoms with van der Waals surface area (Å²) in [5, 5.41) is 7.41. The minimum absolute atomic E-state index is 0.445. The first-order valence-electron chi connectivity index (χ1n) is 7.32. The van der Waals surface area contributed by atoms with Crippen LogP contribution in [-0.4, -0.2) is 28.1 Å². The molecule has 2 aromatic heterocycles. The molecule has 5 nitrogen and oxygen atoms in total. The van der Waals surface area contributed by atoms with Gasteiger partial charge >= 0.3 is 0 Å². The average molecular weight is 288 g/mol. The largest absolute Gasteiger partial charge is 0.360 e. The van der Waals surface area contributed by atoms with Crippen LogP contribution in [0.15, 0.2) is 28.8 Å². The summed E-state index contributed by atoms with van der Waals surface area (Å²) in [4.78, 5) is 6.68. The maximum atomic E-state index is 5.38. The van der Waals surface area contributed by atoms with Gasteiger partial charge in [-0.1, -0.05) is 25.1 Å². The number of hydrogen-bond donors (Lipinski definition) is 1. The Morgan fingerprint density at radius 1 is 1.24 bits per heavy atom. The quantitative estimate of drug-likeness (QED) is 0.848. The zero-order valence-electron chi connectivity index (χ0n) is 13.3. The van der Waals surface area contributed by atoms with Gasteiger partial charge in [0.2, 0.25) is 0 Å². The molecular weight excluding hydrogens is 264 g/mol. The zero-order valence-corrected chi connectivity index (χ0v) is 13.3. The first-order chi connectivity index (χ1) is 10.0. The Morgan fingerprint density at radius 3 is 2.76 bits per heavy atom. The molecule has 0 aromatic carbocycles. The molecule has 0 aliphatic heterocycles. The lowest BCUT2D eigenvalue weighted by molar-refractivity contribution is 0.263. The third-order valence-electron chi connectivity index (χ3n) is 3.10. The molecule has 0 amide bonds. The van der Waals surface area contributed by atoms with Gasteiger partial charge in [-0.15, -0.1) is 0 Å². The van der Waals surface area contributed by atoms with Gasteiger partial charge in [0.15, 0.2) is 5.76 Å². The molecule has 0 radical (unpaired) electrons. The van der Waals surface area contributed by atoms with Crippen molar-refractivity contribution < 1.29 is 4.52 Å². The SMILES string of the molecule is Cc1cccc(CN(C)Cc2cc(CNC(C)C)no2)n1. The van der Waals surface area contributed by atoms with Gasteiger partial charge in [0.1, 0.15) is 0 Å². The molecule has 114 valence electrons. The third-order valence-corrected chi connectivity index (χ3v) is 3.10. The van der Waals surface area contributed by atoms with Crippen molar-refractivity contribution in [3.63, 3.8) is 0 Å². The fourth-order valence-corrected chi connectivity index (χ4v) is 2.11. The Balaban J connectivity index is 1.86. The van der Waals surface area contributed by atoms with E-state index < -0.39 is 0 Å². The second kappa shape index (κ2) is 7.33. The van der Waals surface area contributed by atoms with Crippen LogP contribution in [-0.2, 0) is 19.6 Å². The second-order valence-electron chi connectivity index (χ2n) is 5.76. The van der Waals surface area contributed by atoms with Gasteiger partial charge in [-0.2, -0.15) is 0 Å². The summed E-state index contributed by atoms with van der Waals surface area (Å²) in [6, 6.07) is 8.54. The Labute approximate surface area is 126 Å². The van der Waals surface area contributed by atoms with E-state index in [-0.39, 0.29) is 0 Å². The van der Waals surface area contributed by atoms with Crippen molar-refractivity contribution in [1.29, 1.82) is 0 Å². The summed E-state index contributed by atoms with van der Waals surface area (Å²) >= 11 is 0. The monoisotopic (exact) mass is 288 g/mol. The molecule has 0 spiro atoms. The lowest BCUT2D eigenvalue weighted by Crippen LogP contribution is -2.21. The maximum Gasteiger partial charge on any atom is 0.151 e. The first-order valence-corrected chi connectivity index (χ1v) is 7.32. The van der Waals surface area contributed by atoms with Crippen molar-refractivity contribution in [3.8, 4) is 0 Å². The molecule has 21 heavy (non-hydrogen) atoms. The molecule has 2 rings (SSSR count). The minimum Gasteiger partial charge on any atom is -0.360 e. The summed E-state index contributed by atoms with van der Waals surface area (Å²) < 4.78 is 5.38. The van der Waals surface area contributed by atoms with E-state index in [1.807, 2.05) is 31.2 Å². The van der Waals surface area contributed by atoms with Crippen LogP contribution >= 0.6 is 0 Å². The smallest absolute Gasteiger partial charge is 0.151 e. The third kappa shape index (κ3) is 5.28. The van der Waals surface area contributed by atoms with Gasteiger partial charge in [0.25, 0.3) is 0 Å². The van der Waals surface area contributed by atoms with Crippen LogP contribution in [0.4, 0.5) is 0 Å². The van der Waals surface area contributed by atoms with Crippen LogP contribution in [0.1, 0.15) is 36.7 Å². The predicted octanol–water partition coefficient (Wildman–Crippen LogP) is 2.51. The first kappa shape index (κ1) is 15.7. The molecule has 0 aliphatic carbocycles.